The van der Waals surface area contributed by atoms with E-state index >= 15 is 0 Å². The predicted octanol–water partition coefficient (Wildman–Crippen LogP) is 9.93. The monoisotopic (exact) mass is 615 g/mol. The summed E-state index contributed by atoms with van der Waals surface area (Å²) >= 11 is 0. The molecule has 0 atom stereocenters. The molecule has 1 aromatic heterocycles. The SMILES string of the molecule is CC(C)(O)C(C)(C)OBc1ccc(N(c2ccc(-c3ccccc3)cc2)c2ccc(-c3ccccc3)cc2)c2c1oc1ccccc12. The van der Waals surface area contributed by atoms with Crippen LogP contribution in [-0.4, -0.2) is 23.8 Å². The Kier molecular flexibility index (Phi) is 7.97. The Morgan fingerprint density at radius 1 is 0.574 bits per heavy atom. The second-order valence-corrected chi connectivity index (χ2v) is 13.1. The lowest BCUT2D eigenvalue weighted by atomic mass is 9.81. The molecule has 232 valence electrons. The van der Waals surface area contributed by atoms with Gasteiger partial charge in [-0.25, -0.2) is 0 Å². The molecule has 0 radical (unpaired) electrons. The molecule has 0 saturated heterocycles. The summed E-state index contributed by atoms with van der Waals surface area (Å²) in [6, 6.07) is 50.8. The lowest BCUT2D eigenvalue weighted by molar-refractivity contribution is -0.0893. The summed E-state index contributed by atoms with van der Waals surface area (Å²) in [6.45, 7) is 7.38. The van der Waals surface area contributed by atoms with Crippen molar-refractivity contribution >= 4 is 51.9 Å². The van der Waals surface area contributed by atoms with E-state index in [0.29, 0.717) is 7.48 Å². The van der Waals surface area contributed by atoms with Gasteiger partial charge in [-0.2, -0.15) is 0 Å². The first-order valence-corrected chi connectivity index (χ1v) is 16.1. The molecule has 4 nitrogen and oxygen atoms in total. The standard InChI is InChI=1S/C42H38BNO3/c1-41(2,45)42(3,4)47-43-36-27-28-37(39-35-17-11-12-18-38(35)46-40(36)39)44(33-23-19-31(20-24-33)29-13-7-5-8-14-29)34-25-21-32(22-26-34)30-15-9-6-10-16-30/h5-28,43,45H,1-4H3. The maximum atomic E-state index is 10.7. The molecule has 0 bridgehead atoms. The zero-order chi connectivity index (χ0) is 32.6. The number of benzene rings is 6. The number of fused-ring (bicyclic) bond motifs is 3. The topological polar surface area (TPSA) is 45.8 Å². The van der Waals surface area contributed by atoms with E-state index < -0.39 is 11.2 Å². The minimum Gasteiger partial charge on any atom is -0.456 e. The quantitative estimate of drug-likeness (QED) is 0.164. The van der Waals surface area contributed by atoms with Crippen molar-refractivity contribution < 1.29 is 14.2 Å². The van der Waals surface area contributed by atoms with Gasteiger partial charge in [0.1, 0.15) is 11.2 Å². The highest BCUT2D eigenvalue weighted by molar-refractivity contribution is 6.52. The van der Waals surface area contributed by atoms with E-state index in [2.05, 4.69) is 126 Å². The van der Waals surface area contributed by atoms with Crippen molar-refractivity contribution in [1.29, 1.82) is 0 Å². The van der Waals surface area contributed by atoms with E-state index in [1.165, 1.54) is 11.1 Å². The van der Waals surface area contributed by atoms with Crippen molar-refractivity contribution in [3.8, 4) is 22.3 Å². The molecule has 0 fully saturated rings. The van der Waals surface area contributed by atoms with Gasteiger partial charge in [-0.15, -0.1) is 0 Å². The molecule has 0 unspecified atom stereocenters. The van der Waals surface area contributed by atoms with Crippen LogP contribution in [0.25, 0.3) is 44.2 Å². The molecule has 7 aromatic rings. The second kappa shape index (κ2) is 12.3. The van der Waals surface area contributed by atoms with Crippen LogP contribution in [0.15, 0.2) is 150 Å². The van der Waals surface area contributed by atoms with Crippen molar-refractivity contribution in [3.63, 3.8) is 0 Å². The van der Waals surface area contributed by atoms with Crippen LogP contribution in [0.3, 0.4) is 0 Å². The summed E-state index contributed by atoms with van der Waals surface area (Å²) in [5, 5.41) is 12.8. The molecule has 0 spiro atoms. The van der Waals surface area contributed by atoms with Gasteiger partial charge in [-0.1, -0.05) is 109 Å². The number of aliphatic hydroxyl groups is 1. The van der Waals surface area contributed by atoms with Gasteiger partial charge in [-0.3, -0.25) is 0 Å². The van der Waals surface area contributed by atoms with Crippen LogP contribution in [0.4, 0.5) is 17.1 Å². The fourth-order valence-electron chi connectivity index (χ4n) is 5.89. The van der Waals surface area contributed by atoms with Gasteiger partial charge in [0.15, 0.2) is 0 Å². The van der Waals surface area contributed by atoms with Gasteiger partial charge in [-0.05, 0) is 91.8 Å². The lowest BCUT2D eigenvalue weighted by Gasteiger charge is -2.37. The Morgan fingerprint density at radius 3 is 1.60 bits per heavy atom. The van der Waals surface area contributed by atoms with Crippen molar-refractivity contribution in [2.75, 3.05) is 4.90 Å². The molecule has 0 saturated carbocycles. The van der Waals surface area contributed by atoms with E-state index in [4.69, 9.17) is 9.07 Å². The third-order valence-electron chi connectivity index (χ3n) is 9.35. The summed E-state index contributed by atoms with van der Waals surface area (Å²) < 4.78 is 12.9. The van der Waals surface area contributed by atoms with Crippen LogP contribution in [0.1, 0.15) is 27.7 Å². The van der Waals surface area contributed by atoms with E-state index in [9.17, 15) is 5.11 Å². The molecular weight excluding hydrogens is 577 g/mol. The molecule has 47 heavy (non-hydrogen) atoms. The average molecular weight is 616 g/mol. The van der Waals surface area contributed by atoms with Crippen LogP contribution in [0, 0.1) is 0 Å². The summed E-state index contributed by atoms with van der Waals surface area (Å²) in [5.74, 6) is 0. The number of nitrogens with zero attached hydrogens (tertiary/aromatic N) is 1. The molecule has 0 amide bonds. The van der Waals surface area contributed by atoms with E-state index in [1.807, 2.05) is 38.1 Å². The maximum absolute atomic E-state index is 10.7. The maximum Gasteiger partial charge on any atom is 0.313 e. The summed E-state index contributed by atoms with van der Waals surface area (Å²) in [4.78, 5) is 2.30. The zero-order valence-corrected chi connectivity index (χ0v) is 27.3. The Morgan fingerprint density at radius 2 is 1.06 bits per heavy atom. The molecular formula is C42H38BNO3. The number of rotatable bonds is 9. The highest BCUT2D eigenvalue weighted by Gasteiger charge is 2.36. The van der Waals surface area contributed by atoms with Crippen molar-refractivity contribution in [1.82, 2.24) is 0 Å². The third kappa shape index (κ3) is 5.96. The molecule has 1 N–H and O–H groups in total. The Bertz CT molecular complexity index is 2050. The Labute approximate surface area is 277 Å². The van der Waals surface area contributed by atoms with Crippen LogP contribution in [0.5, 0.6) is 0 Å². The number of hydrogen-bond donors (Lipinski definition) is 1. The Hall–Kier alpha value is -5.10. The zero-order valence-electron chi connectivity index (χ0n) is 27.3. The van der Waals surface area contributed by atoms with Crippen LogP contribution < -0.4 is 10.4 Å². The van der Waals surface area contributed by atoms with E-state index in [1.54, 1.807) is 13.8 Å². The van der Waals surface area contributed by atoms with Gasteiger partial charge < -0.3 is 19.1 Å². The van der Waals surface area contributed by atoms with Crippen molar-refractivity contribution in [2.24, 2.45) is 0 Å². The highest BCUT2D eigenvalue weighted by atomic mass is 16.5. The number of furan rings is 1. The van der Waals surface area contributed by atoms with E-state index in [0.717, 1.165) is 55.6 Å². The third-order valence-corrected chi connectivity index (χ3v) is 9.35. The highest BCUT2D eigenvalue weighted by Crippen LogP contribution is 2.43. The van der Waals surface area contributed by atoms with Gasteiger partial charge in [0, 0.05) is 16.8 Å². The van der Waals surface area contributed by atoms with Gasteiger partial charge in [0.05, 0.1) is 22.3 Å². The van der Waals surface area contributed by atoms with E-state index in [-0.39, 0.29) is 0 Å². The predicted molar refractivity (Wildman–Crippen MR) is 198 cm³/mol. The van der Waals surface area contributed by atoms with Crippen molar-refractivity contribution in [3.05, 3.63) is 146 Å². The number of hydrogen-bond acceptors (Lipinski definition) is 4. The van der Waals surface area contributed by atoms with Crippen LogP contribution >= 0.6 is 0 Å². The van der Waals surface area contributed by atoms with Gasteiger partial charge >= 0.3 is 7.48 Å². The minimum atomic E-state index is -1.02. The second-order valence-electron chi connectivity index (χ2n) is 13.1. The molecule has 0 aliphatic heterocycles. The molecule has 5 heteroatoms. The largest absolute Gasteiger partial charge is 0.456 e. The first-order valence-electron chi connectivity index (χ1n) is 16.1. The molecule has 0 aliphatic carbocycles. The summed E-state index contributed by atoms with van der Waals surface area (Å²) in [7, 11) is 0.297. The number of anilines is 3. The summed E-state index contributed by atoms with van der Waals surface area (Å²) in [5.41, 5.74) is 8.51. The van der Waals surface area contributed by atoms with Crippen LogP contribution in [-0.2, 0) is 4.65 Å². The molecule has 0 aliphatic rings. The average Bonchev–Trinajstić information content (AvgIpc) is 3.49. The summed E-state index contributed by atoms with van der Waals surface area (Å²) in [6.07, 6.45) is 0. The number of para-hydroxylation sites is 1. The smallest absolute Gasteiger partial charge is 0.313 e. The fraction of sp³-hybridized carbons (Fsp3) is 0.143. The van der Waals surface area contributed by atoms with Crippen LogP contribution in [0.2, 0.25) is 0 Å². The minimum absolute atomic E-state index is 0.297. The van der Waals surface area contributed by atoms with Gasteiger partial charge in [0.25, 0.3) is 0 Å². The van der Waals surface area contributed by atoms with Crippen molar-refractivity contribution in [2.45, 2.75) is 38.9 Å². The lowest BCUT2D eigenvalue weighted by Crippen LogP contribution is -2.49. The molecule has 1 heterocycles. The van der Waals surface area contributed by atoms with Gasteiger partial charge in [0.2, 0.25) is 0 Å². The fourth-order valence-corrected chi connectivity index (χ4v) is 5.89. The Balaban J connectivity index is 1.39. The first-order chi connectivity index (χ1) is 22.7. The normalized spacial score (nSPS) is 12.0. The molecule has 7 rings (SSSR count). The first kappa shape index (κ1) is 30.6. The molecule has 6 aromatic carbocycles.